The molecule has 1 aliphatic heterocycles. The molecule has 0 spiro atoms. The van der Waals surface area contributed by atoms with Crippen LogP contribution >= 0.6 is 51.5 Å². The van der Waals surface area contributed by atoms with Gasteiger partial charge >= 0.3 is 0 Å². The third-order valence-electron chi connectivity index (χ3n) is 3.74. The maximum Gasteiger partial charge on any atom is 0.0468 e. The number of halogens is 4. The highest BCUT2D eigenvalue weighted by atomic mass is 79.9. The van der Waals surface area contributed by atoms with E-state index in [-0.39, 0.29) is 12.4 Å². The first-order valence-corrected chi connectivity index (χ1v) is 8.01. The number of rotatable bonds is 1. The molecule has 1 heterocycles. The van der Waals surface area contributed by atoms with Crippen molar-refractivity contribution in [3.63, 3.8) is 0 Å². The molecule has 1 nitrogen and oxygen atoms in total. The molecule has 0 radical (unpaired) electrons. The lowest BCUT2D eigenvalue weighted by Gasteiger charge is -2.33. The van der Waals surface area contributed by atoms with Gasteiger partial charge in [0.2, 0.25) is 0 Å². The smallest absolute Gasteiger partial charge is 0.0468 e. The predicted octanol–water partition coefficient (Wildman–Crippen LogP) is 5.76. The van der Waals surface area contributed by atoms with Crippen LogP contribution in [0.4, 0.5) is 0 Å². The Balaban J connectivity index is 0.00000161. The van der Waals surface area contributed by atoms with E-state index in [2.05, 4.69) is 52.1 Å². The van der Waals surface area contributed by atoms with Crippen molar-refractivity contribution in [3.05, 3.63) is 67.6 Å². The fourth-order valence-electron chi connectivity index (χ4n) is 2.85. The van der Waals surface area contributed by atoms with Gasteiger partial charge in [-0.3, -0.25) is 0 Å². The minimum absolute atomic E-state index is 0. The number of hydrogen-bond donors (Lipinski definition) is 0. The highest BCUT2D eigenvalue weighted by Gasteiger charge is 2.27. The summed E-state index contributed by atoms with van der Waals surface area (Å²) in [6.45, 7) is 1.84. The van der Waals surface area contributed by atoms with E-state index >= 15 is 0 Å². The summed E-state index contributed by atoms with van der Waals surface area (Å²) in [7, 11) is 2.12. The summed E-state index contributed by atoms with van der Waals surface area (Å²) in [5.74, 6) is 0.303. The summed E-state index contributed by atoms with van der Waals surface area (Å²) in [4.78, 5) is 2.30. The summed E-state index contributed by atoms with van der Waals surface area (Å²) in [6.07, 6.45) is 0. The van der Waals surface area contributed by atoms with Crippen LogP contribution in [-0.2, 0) is 6.54 Å². The molecule has 0 bridgehead atoms. The monoisotopic (exact) mass is 405 g/mol. The normalized spacial score (nSPS) is 18.0. The average Bonchev–Trinajstić information content (AvgIpc) is 2.39. The summed E-state index contributed by atoms with van der Waals surface area (Å²) >= 11 is 16.1. The molecule has 112 valence electrons. The fraction of sp³-hybridized carbons (Fsp3) is 0.250. The lowest BCUT2D eigenvalue weighted by molar-refractivity contribution is 0.295. The van der Waals surface area contributed by atoms with Crippen molar-refractivity contribution in [2.24, 2.45) is 0 Å². The van der Waals surface area contributed by atoms with E-state index in [1.807, 2.05) is 12.1 Å². The van der Waals surface area contributed by atoms with Crippen molar-refractivity contribution in [1.29, 1.82) is 0 Å². The SMILES string of the molecule is CN1Cc2c(Cl)cc(Cl)cc2C(c2cccc(Br)c2)C1.Cl. The van der Waals surface area contributed by atoms with Crippen LogP contribution < -0.4 is 0 Å². The Bertz CT molecular complexity index is 660. The molecule has 0 saturated heterocycles. The predicted molar refractivity (Wildman–Crippen MR) is 96.0 cm³/mol. The Labute approximate surface area is 149 Å². The molecule has 0 amide bonds. The van der Waals surface area contributed by atoms with Gasteiger partial charge in [0, 0.05) is 33.5 Å². The van der Waals surface area contributed by atoms with Gasteiger partial charge in [0.15, 0.2) is 0 Å². The van der Waals surface area contributed by atoms with Gasteiger partial charge in [-0.15, -0.1) is 12.4 Å². The molecule has 1 atom stereocenters. The molecule has 1 unspecified atom stereocenters. The molecule has 0 aliphatic carbocycles. The van der Waals surface area contributed by atoms with E-state index in [0.717, 1.165) is 22.6 Å². The van der Waals surface area contributed by atoms with E-state index < -0.39 is 0 Å². The summed E-state index contributed by atoms with van der Waals surface area (Å²) in [5, 5.41) is 1.47. The maximum atomic E-state index is 6.38. The molecule has 3 rings (SSSR count). The molecule has 21 heavy (non-hydrogen) atoms. The molecule has 0 N–H and O–H groups in total. The van der Waals surface area contributed by atoms with Crippen LogP contribution in [-0.4, -0.2) is 18.5 Å². The second kappa shape index (κ2) is 6.89. The first-order chi connectivity index (χ1) is 9.54. The highest BCUT2D eigenvalue weighted by molar-refractivity contribution is 9.10. The van der Waals surface area contributed by atoms with E-state index in [0.29, 0.717) is 10.9 Å². The second-order valence-corrected chi connectivity index (χ2v) is 7.02. The minimum atomic E-state index is 0. The molecule has 5 heteroatoms. The van der Waals surface area contributed by atoms with Crippen LogP contribution in [0.25, 0.3) is 0 Å². The highest BCUT2D eigenvalue weighted by Crippen LogP contribution is 2.38. The van der Waals surface area contributed by atoms with Gasteiger partial charge in [0.1, 0.15) is 0 Å². The van der Waals surface area contributed by atoms with Crippen LogP contribution in [0.2, 0.25) is 10.0 Å². The molecular weight excluding hydrogens is 392 g/mol. The van der Waals surface area contributed by atoms with Gasteiger partial charge in [-0.05, 0) is 48.0 Å². The van der Waals surface area contributed by atoms with E-state index in [1.54, 1.807) is 0 Å². The molecule has 0 aromatic heterocycles. The Morgan fingerprint density at radius 3 is 2.67 bits per heavy atom. The first kappa shape index (κ1) is 17.1. The van der Waals surface area contributed by atoms with Gasteiger partial charge in [-0.25, -0.2) is 0 Å². The van der Waals surface area contributed by atoms with E-state index in [4.69, 9.17) is 23.2 Å². The summed E-state index contributed by atoms with van der Waals surface area (Å²) in [5.41, 5.74) is 3.72. The van der Waals surface area contributed by atoms with Gasteiger partial charge in [-0.2, -0.15) is 0 Å². The lowest BCUT2D eigenvalue weighted by Crippen LogP contribution is -2.31. The number of fused-ring (bicyclic) bond motifs is 1. The van der Waals surface area contributed by atoms with Crippen molar-refractivity contribution < 1.29 is 0 Å². The van der Waals surface area contributed by atoms with Gasteiger partial charge in [0.05, 0.1) is 0 Å². The third kappa shape index (κ3) is 3.57. The molecular formula is C16H15BrCl3N. The van der Waals surface area contributed by atoms with Crippen molar-refractivity contribution in [3.8, 4) is 0 Å². The Morgan fingerprint density at radius 2 is 1.95 bits per heavy atom. The van der Waals surface area contributed by atoms with Crippen molar-refractivity contribution in [2.75, 3.05) is 13.6 Å². The Kier molecular flexibility index (Phi) is 5.61. The second-order valence-electron chi connectivity index (χ2n) is 5.26. The van der Waals surface area contributed by atoms with Crippen LogP contribution in [0, 0.1) is 0 Å². The quantitative estimate of drug-likeness (QED) is 0.581. The van der Waals surface area contributed by atoms with Crippen molar-refractivity contribution in [1.82, 2.24) is 4.90 Å². The zero-order chi connectivity index (χ0) is 14.3. The largest absolute Gasteiger partial charge is 0.301 e. The lowest BCUT2D eigenvalue weighted by atomic mass is 9.85. The number of benzene rings is 2. The van der Waals surface area contributed by atoms with Crippen LogP contribution in [0.5, 0.6) is 0 Å². The summed E-state index contributed by atoms with van der Waals surface area (Å²) in [6, 6.07) is 12.3. The zero-order valence-corrected chi connectivity index (χ0v) is 15.4. The fourth-order valence-corrected chi connectivity index (χ4v) is 3.84. The Hall–Kier alpha value is -0.250. The standard InChI is InChI=1S/C16H14BrCl2N.ClH/c1-20-8-14(10-3-2-4-11(17)5-10)13-6-12(18)7-16(19)15(13)9-20;/h2-7,14H,8-9H2,1H3;1H. The maximum absolute atomic E-state index is 6.38. The van der Waals surface area contributed by atoms with E-state index in [1.165, 1.54) is 16.7 Å². The van der Waals surface area contributed by atoms with Gasteiger partial charge < -0.3 is 4.90 Å². The topological polar surface area (TPSA) is 3.24 Å². The Morgan fingerprint density at radius 1 is 1.19 bits per heavy atom. The molecule has 0 saturated carbocycles. The molecule has 1 aliphatic rings. The number of likely N-dealkylation sites (N-methyl/N-ethyl adjacent to an activating group) is 1. The van der Waals surface area contributed by atoms with Crippen molar-refractivity contribution in [2.45, 2.75) is 12.5 Å². The molecule has 0 fully saturated rings. The van der Waals surface area contributed by atoms with Crippen molar-refractivity contribution >= 4 is 51.5 Å². The van der Waals surface area contributed by atoms with Gasteiger partial charge in [-0.1, -0.05) is 51.3 Å². The summed E-state index contributed by atoms with van der Waals surface area (Å²) < 4.78 is 1.10. The van der Waals surface area contributed by atoms with Crippen LogP contribution in [0.3, 0.4) is 0 Å². The first-order valence-electron chi connectivity index (χ1n) is 6.46. The number of hydrogen-bond acceptors (Lipinski definition) is 1. The molecule has 2 aromatic rings. The number of nitrogens with zero attached hydrogens (tertiary/aromatic N) is 1. The zero-order valence-electron chi connectivity index (χ0n) is 11.4. The minimum Gasteiger partial charge on any atom is -0.301 e. The van der Waals surface area contributed by atoms with Crippen LogP contribution in [0.1, 0.15) is 22.6 Å². The molecule has 2 aromatic carbocycles. The van der Waals surface area contributed by atoms with Crippen LogP contribution in [0.15, 0.2) is 40.9 Å². The van der Waals surface area contributed by atoms with Gasteiger partial charge in [0.25, 0.3) is 0 Å². The van der Waals surface area contributed by atoms with E-state index in [9.17, 15) is 0 Å². The third-order valence-corrected chi connectivity index (χ3v) is 4.79. The average molecular weight is 408 g/mol.